The number of methoxy groups -OCH3 is 1. The molecule has 8 heteroatoms. The number of nitrogens with zero attached hydrogens (tertiary/aromatic N) is 1. The summed E-state index contributed by atoms with van der Waals surface area (Å²) in [5.41, 5.74) is 0.645. The number of aromatic hydroxyl groups is 1. The van der Waals surface area contributed by atoms with Gasteiger partial charge in [0, 0.05) is 12.8 Å². The molecule has 1 aromatic rings. The van der Waals surface area contributed by atoms with Crippen molar-refractivity contribution in [1.29, 1.82) is 0 Å². The quantitative estimate of drug-likeness (QED) is 0.789. The van der Waals surface area contributed by atoms with Crippen LogP contribution in [0.1, 0.15) is 16.1 Å². The van der Waals surface area contributed by atoms with E-state index in [4.69, 9.17) is 4.74 Å². The van der Waals surface area contributed by atoms with E-state index < -0.39 is 27.9 Å². The van der Waals surface area contributed by atoms with Crippen LogP contribution in [0.15, 0.2) is 12.3 Å². The Kier molecular flexibility index (Phi) is 3.96. The molecule has 2 atom stereocenters. The molecule has 2 heterocycles. The molecule has 0 spiro atoms. The lowest BCUT2D eigenvalue weighted by atomic mass is 10.1. The van der Waals surface area contributed by atoms with Gasteiger partial charge in [-0.15, -0.1) is 0 Å². The number of sulfone groups is 1. The summed E-state index contributed by atoms with van der Waals surface area (Å²) in [6.07, 6.45) is 0.609. The van der Waals surface area contributed by atoms with E-state index in [1.54, 1.807) is 6.92 Å². The van der Waals surface area contributed by atoms with E-state index in [0.717, 1.165) is 0 Å². The number of aryl methyl sites for hydroxylation is 1. The van der Waals surface area contributed by atoms with Gasteiger partial charge < -0.3 is 15.2 Å². The molecule has 0 unspecified atom stereocenters. The topological polar surface area (TPSA) is 106 Å². The lowest BCUT2D eigenvalue weighted by molar-refractivity contribution is 0.0784. The Bertz CT molecular complexity index is 629. The molecular weight excluding hydrogens is 284 g/mol. The van der Waals surface area contributed by atoms with E-state index in [9.17, 15) is 18.3 Å². The summed E-state index contributed by atoms with van der Waals surface area (Å²) in [5.74, 6) is -1.07. The third-order valence-electron chi connectivity index (χ3n) is 3.18. The van der Waals surface area contributed by atoms with Crippen molar-refractivity contribution >= 4 is 15.7 Å². The smallest absolute Gasteiger partial charge is 0.255 e. The number of aromatic nitrogens is 1. The molecule has 0 saturated carbocycles. The molecule has 0 aromatic carbocycles. The molecule has 20 heavy (non-hydrogen) atoms. The summed E-state index contributed by atoms with van der Waals surface area (Å²) in [7, 11) is -1.82. The van der Waals surface area contributed by atoms with Crippen molar-refractivity contribution in [2.75, 3.05) is 18.6 Å². The van der Waals surface area contributed by atoms with Gasteiger partial charge in [0.15, 0.2) is 9.84 Å². The molecule has 1 saturated heterocycles. The molecular formula is C12H16N2O5S. The molecule has 1 aromatic heterocycles. The molecule has 2 rings (SSSR count). The van der Waals surface area contributed by atoms with Crippen LogP contribution in [0.5, 0.6) is 5.75 Å². The van der Waals surface area contributed by atoms with Crippen molar-refractivity contribution in [3.05, 3.63) is 23.5 Å². The Labute approximate surface area is 116 Å². The van der Waals surface area contributed by atoms with Gasteiger partial charge in [-0.25, -0.2) is 8.42 Å². The summed E-state index contributed by atoms with van der Waals surface area (Å²) in [4.78, 5) is 16.0. The number of ether oxygens (including phenoxy) is 1. The van der Waals surface area contributed by atoms with Crippen LogP contribution >= 0.6 is 0 Å². The lowest BCUT2D eigenvalue weighted by Gasteiger charge is -2.18. The SMILES string of the molecule is CO[C@@H]1CS(=O)(=O)C[C@H]1NC(=O)c1cc(C)ncc1O. The number of pyridine rings is 1. The zero-order valence-corrected chi connectivity index (χ0v) is 12.0. The minimum Gasteiger partial charge on any atom is -0.505 e. The molecule has 1 amide bonds. The molecule has 1 aliphatic rings. The monoisotopic (exact) mass is 300 g/mol. The normalized spacial score (nSPS) is 24.5. The minimum atomic E-state index is -3.22. The maximum atomic E-state index is 12.1. The largest absolute Gasteiger partial charge is 0.505 e. The first-order chi connectivity index (χ1) is 9.32. The van der Waals surface area contributed by atoms with Crippen molar-refractivity contribution in [3.8, 4) is 5.75 Å². The van der Waals surface area contributed by atoms with Crippen LogP contribution in [0.2, 0.25) is 0 Å². The van der Waals surface area contributed by atoms with Gasteiger partial charge in [0.25, 0.3) is 5.91 Å². The Hall–Kier alpha value is -1.67. The zero-order valence-electron chi connectivity index (χ0n) is 11.2. The number of hydrogen-bond donors (Lipinski definition) is 2. The van der Waals surface area contributed by atoms with E-state index in [-0.39, 0.29) is 22.8 Å². The predicted octanol–water partition coefficient (Wildman–Crippen LogP) is -0.363. The highest BCUT2D eigenvalue weighted by atomic mass is 32.2. The molecule has 2 N–H and O–H groups in total. The Morgan fingerprint density at radius 2 is 2.20 bits per heavy atom. The third-order valence-corrected chi connectivity index (χ3v) is 4.89. The average Bonchev–Trinajstić information content (AvgIpc) is 2.66. The fourth-order valence-electron chi connectivity index (χ4n) is 2.16. The van der Waals surface area contributed by atoms with Gasteiger partial charge >= 0.3 is 0 Å². The summed E-state index contributed by atoms with van der Waals surface area (Å²) < 4.78 is 28.2. The highest BCUT2D eigenvalue weighted by Crippen LogP contribution is 2.19. The van der Waals surface area contributed by atoms with E-state index in [0.29, 0.717) is 5.69 Å². The maximum absolute atomic E-state index is 12.1. The first-order valence-electron chi connectivity index (χ1n) is 6.02. The first-order valence-corrected chi connectivity index (χ1v) is 7.84. The van der Waals surface area contributed by atoms with Gasteiger partial charge in [0.05, 0.1) is 35.4 Å². The van der Waals surface area contributed by atoms with Gasteiger partial charge in [-0.3, -0.25) is 9.78 Å². The van der Waals surface area contributed by atoms with Gasteiger partial charge in [-0.05, 0) is 13.0 Å². The molecule has 1 aliphatic heterocycles. The van der Waals surface area contributed by atoms with Crippen LogP contribution in [-0.4, -0.2) is 55.2 Å². The van der Waals surface area contributed by atoms with Crippen LogP contribution in [0, 0.1) is 6.92 Å². The summed E-state index contributed by atoms with van der Waals surface area (Å²) in [5, 5.41) is 12.2. The number of nitrogens with one attached hydrogen (secondary N) is 1. The van der Waals surface area contributed by atoms with Crippen LogP contribution in [-0.2, 0) is 14.6 Å². The van der Waals surface area contributed by atoms with Crippen molar-refractivity contribution in [1.82, 2.24) is 10.3 Å². The summed E-state index contributed by atoms with van der Waals surface area (Å²) in [6, 6.07) is 0.820. The summed E-state index contributed by atoms with van der Waals surface area (Å²) >= 11 is 0. The highest BCUT2D eigenvalue weighted by molar-refractivity contribution is 7.91. The second-order valence-electron chi connectivity index (χ2n) is 4.77. The van der Waals surface area contributed by atoms with Crippen molar-refractivity contribution in [2.24, 2.45) is 0 Å². The molecule has 0 aliphatic carbocycles. The van der Waals surface area contributed by atoms with E-state index in [1.165, 1.54) is 19.4 Å². The first kappa shape index (κ1) is 14.7. The zero-order chi connectivity index (χ0) is 14.9. The van der Waals surface area contributed by atoms with Gasteiger partial charge in [0.2, 0.25) is 0 Å². The second-order valence-corrected chi connectivity index (χ2v) is 6.93. The fourth-order valence-corrected chi connectivity index (χ4v) is 4.01. The van der Waals surface area contributed by atoms with Crippen LogP contribution < -0.4 is 5.32 Å². The van der Waals surface area contributed by atoms with Crippen molar-refractivity contribution in [2.45, 2.75) is 19.1 Å². The average molecular weight is 300 g/mol. The Balaban J connectivity index is 2.17. The number of carbonyl (C=O) groups is 1. The maximum Gasteiger partial charge on any atom is 0.255 e. The highest BCUT2D eigenvalue weighted by Gasteiger charge is 2.39. The van der Waals surface area contributed by atoms with E-state index >= 15 is 0 Å². The standard InChI is InChI=1S/C12H16N2O5S/c1-7-3-8(10(15)4-13-7)12(16)14-9-5-20(17,18)6-11(9)19-2/h3-4,9,11,15H,5-6H2,1-2H3,(H,14,16)/t9-,11-/m1/s1. The van der Waals surface area contributed by atoms with Gasteiger partial charge in [0.1, 0.15) is 5.75 Å². The Morgan fingerprint density at radius 1 is 1.50 bits per heavy atom. The molecule has 0 radical (unpaired) electrons. The van der Waals surface area contributed by atoms with Crippen molar-refractivity contribution in [3.63, 3.8) is 0 Å². The molecule has 7 nitrogen and oxygen atoms in total. The Morgan fingerprint density at radius 3 is 2.85 bits per heavy atom. The number of amides is 1. The summed E-state index contributed by atoms with van der Waals surface area (Å²) in [6.45, 7) is 1.69. The molecule has 0 bridgehead atoms. The van der Waals surface area contributed by atoms with E-state index in [2.05, 4.69) is 10.3 Å². The lowest BCUT2D eigenvalue weighted by Crippen LogP contribution is -2.43. The predicted molar refractivity (Wildman–Crippen MR) is 71.3 cm³/mol. The number of carbonyl (C=O) groups excluding carboxylic acids is 1. The fraction of sp³-hybridized carbons (Fsp3) is 0.500. The van der Waals surface area contributed by atoms with Crippen LogP contribution in [0.3, 0.4) is 0 Å². The van der Waals surface area contributed by atoms with Gasteiger partial charge in [-0.1, -0.05) is 0 Å². The van der Waals surface area contributed by atoms with Gasteiger partial charge in [-0.2, -0.15) is 0 Å². The molecule has 1 fully saturated rings. The van der Waals surface area contributed by atoms with Crippen molar-refractivity contribution < 1.29 is 23.1 Å². The van der Waals surface area contributed by atoms with Crippen LogP contribution in [0.4, 0.5) is 0 Å². The molecule has 110 valence electrons. The number of rotatable bonds is 3. The second kappa shape index (κ2) is 5.37. The number of hydrogen-bond acceptors (Lipinski definition) is 6. The van der Waals surface area contributed by atoms with Crippen LogP contribution in [0.25, 0.3) is 0 Å². The third kappa shape index (κ3) is 3.07. The van der Waals surface area contributed by atoms with E-state index in [1.807, 2.05) is 0 Å². The minimum absolute atomic E-state index is 0.0663.